The van der Waals surface area contributed by atoms with Gasteiger partial charge in [-0.05, 0) is 0 Å². The van der Waals surface area contributed by atoms with E-state index in [-0.39, 0.29) is 14.1 Å². The van der Waals surface area contributed by atoms with Gasteiger partial charge in [-0.3, -0.25) is 0 Å². The molecule has 0 aromatic rings. The Kier molecular flexibility index (Phi) is 7.04. The van der Waals surface area contributed by atoms with Gasteiger partial charge in [-0.2, -0.15) is 0 Å². The van der Waals surface area contributed by atoms with Crippen LogP contribution in [0.4, 0.5) is 0 Å². The molecular formula is C8H19Al. The van der Waals surface area contributed by atoms with Crippen molar-refractivity contribution in [3.05, 3.63) is 0 Å². The quantitative estimate of drug-likeness (QED) is 0.408. The summed E-state index contributed by atoms with van der Waals surface area (Å²) >= 11 is -0.213. The largest absolute Gasteiger partial charge is 0.255 e. The van der Waals surface area contributed by atoms with Crippen molar-refractivity contribution >= 4 is 14.1 Å². The zero-order valence-electron chi connectivity index (χ0n) is 7.11. The van der Waals surface area contributed by atoms with E-state index < -0.39 is 0 Å². The first-order chi connectivity index (χ1) is 4.27. The van der Waals surface area contributed by atoms with Gasteiger partial charge < -0.3 is 0 Å². The maximum Gasteiger partial charge on any atom is 0.255 e. The predicted molar refractivity (Wildman–Crippen MR) is 46.4 cm³/mol. The van der Waals surface area contributed by atoms with E-state index in [0.717, 1.165) is 0 Å². The van der Waals surface area contributed by atoms with Gasteiger partial charge in [0.25, 0.3) is 14.1 Å². The second-order valence-electron chi connectivity index (χ2n) is 3.24. The number of unbranched alkanes of at least 4 members (excludes halogenated alkanes) is 3. The Morgan fingerprint density at radius 1 is 1.00 bits per heavy atom. The van der Waals surface area contributed by atoms with Crippen LogP contribution in [0.15, 0.2) is 0 Å². The molecule has 0 aliphatic heterocycles. The van der Waals surface area contributed by atoms with Crippen LogP contribution in [0.3, 0.4) is 0 Å². The van der Waals surface area contributed by atoms with E-state index in [9.17, 15) is 0 Å². The van der Waals surface area contributed by atoms with Crippen molar-refractivity contribution in [1.82, 2.24) is 0 Å². The summed E-state index contributed by atoms with van der Waals surface area (Å²) in [4.78, 5) is 0. The van der Waals surface area contributed by atoms with Crippen LogP contribution in [0.2, 0.25) is 16.9 Å². The second kappa shape index (κ2) is 6.65. The summed E-state index contributed by atoms with van der Waals surface area (Å²) in [5.41, 5.74) is 0. The summed E-state index contributed by atoms with van der Waals surface area (Å²) in [7, 11) is 0. The summed E-state index contributed by atoms with van der Waals surface area (Å²) in [5, 5.41) is 1.56. The van der Waals surface area contributed by atoms with Gasteiger partial charge in [0.2, 0.25) is 0 Å². The molecule has 9 heavy (non-hydrogen) atoms. The molecule has 0 fully saturated rings. The molecular weight excluding hydrogens is 123 g/mol. The molecule has 0 heterocycles. The van der Waals surface area contributed by atoms with E-state index >= 15 is 0 Å². The molecule has 0 saturated heterocycles. The summed E-state index contributed by atoms with van der Waals surface area (Å²) in [6, 6.07) is 0. The lowest BCUT2D eigenvalue weighted by Crippen LogP contribution is -1.97. The zero-order valence-corrected chi connectivity index (χ0v) is 8.27. The lowest BCUT2D eigenvalue weighted by Gasteiger charge is -1.97. The van der Waals surface area contributed by atoms with Gasteiger partial charge in [-0.15, -0.1) is 11.6 Å². The molecule has 1 heteroatoms. The first-order valence-corrected chi connectivity index (χ1v) is 7.40. The second-order valence-corrected chi connectivity index (χ2v) is 6.61. The Bertz CT molecular complexity index is 50.5. The minimum Gasteiger partial charge on any atom is -0.106 e. The number of hydrogen-bond acceptors (Lipinski definition) is 0. The average Bonchev–Trinajstić information content (AvgIpc) is 1.80. The van der Waals surface area contributed by atoms with Crippen LogP contribution in [0, 0.1) is 0 Å². The summed E-state index contributed by atoms with van der Waals surface area (Å²) in [6.07, 6.45) is 5.79. The van der Waals surface area contributed by atoms with Crippen LogP contribution >= 0.6 is 0 Å². The third-order valence-corrected chi connectivity index (χ3v) is 3.20. The van der Waals surface area contributed by atoms with Crippen molar-refractivity contribution in [2.45, 2.75) is 49.5 Å². The standard InChI is InChI=1S/C6H13.2CH3.Al/c1-3-5-6-4-2;;;/h1,3-6H2,2H3;2*1H3;. The van der Waals surface area contributed by atoms with Crippen molar-refractivity contribution in [2.75, 3.05) is 0 Å². The van der Waals surface area contributed by atoms with E-state index in [1.54, 1.807) is 5.28 Å². The highest BCUT2D eigenvalue weighted by Gasteiger charge is 1.99. The van der Waals surface area contributed by atoms with Gasteiger partial charge in [0.1, 0.15) is 0 Å². The first kappa shape index (κ1) is 9.53. The van der Waals surface area contributed by atoms with Crippen LogP contribution in [0.5, 0.6) is 0 Å². The lowest BCUT2D eigenvalue weighted by molar-refractivity contribution is 0.699. The summed E-state index contributed by atoms with van der Waals surface area (Å²) in [6.45, 7) is 2.27. The van der Waals surface area contributed by atoms with Gasteiger partial charge in [0, 0.05) is 0 Å². The number of rotatable bonds is 5. The highest BCUT2D eigenvalue weighted by molar-refractivity contribution is 6.55. The monoisotopic (exact) mass is 142 g/mol. The molecule has 0 bridgehead atoms. The molecule has 0 aromatic heterocycles. The van der Waals surface area contributed by atoms with Crippen molar-refractivity contribution in [1.29, 1.82) is 0 Å². The summed E-state index contributed by atoms with van der Waals surface area (Å²) < 4.78 is 0. The molecule has 0 amide bonds. The van der Waals surface area contributed by atoms with Gasteiger partial charge in [-0.1, -0.05) is 37.9 Å². The third kappa shape index (κ3) is 8.53. The molecule has 0 radical (unpaired) electrons. The van der Waals surface area contributed by atoms with E-state index in [2.05, 4.69) is 18.5 Å². The molecule has 0 unspecified atom stereocenters. The zero-order chi connectivity index (χ0) is 7.11. The number of hydrogen-bond donors (Lipinski definition) is 0. The molecule has 0 saturated carbocycles. The molecule has 0 aliphatic rings. The van der Waals surface area contributed by atoms with Gasteiger partial charge in [0.05, 0.1) is 0 Å². The van der Waals surface area contributed by atoms with Crippen molar-refractivity contribution in [3.63, 3.8) is 0 Å². The molecule has 0 rings (SSSR count). The molecule has 54 valence electrons. The molecule has 0 aromatic carbocycles. The fourth-order valence-electron chi connectivity index (χ4n) is 0.979. The minimum atomic E-state index is -0.213. The Balaban J connectivity index is 2.75. The van der Waals surface area contributed by atoms with E-state index in [1.807, 2.05) is 0 Å². The van der Waals surface area contributed by atoms with E-state index in [1.165, 1.54) is 25.7 Å². The highest BCUT2D eigenvalue weighted by Crippen LogP contribution is 2.05. The van der Waals surface area contributed by atoms with Gasteiger partial charge in [-0.25, -0.2) is 0 Å². The van der Waals surface area contributed by atoms with Crippen molar-refractivity contribution in [3.8, 4) is 0 Å². The van der Waals surface area contributed by atoms with Crippen molar-refractivity contribution in [2.24, 2.45) is 0 Å². The molecule has 0 atom stereocenters. The lowest BCUT2D eigenvalue weighted by atomic mass is 10.2. The molecule has 0 N–H and O–H groups in total. The SMILES string of the molecule is CCCCC[CH2][Al]([CH3])[CH3]. The maximum absolute atomic E-state index is 2.44. The van der Waals surface area contributed by atoms with Crippen LogP contribution in [-0.4, -0.2) is 14.1 Å². The Morgan fingerprint density at radius 3 is 2.11 bits per heavy atom. The van der Waals surface area contributed by atoms with Crippen LogP contribution in [-0.2, 0) is 0 Å². The first-order valence-electron chi connectivity index (χ1n) is 4.27. The Labute approximate surface area is 64.0 Å². The Morgan fingerprint density at radius 2 is 1.67 bits per heavy atom. The van der Waals surface area contributed by atoms with Gasteiger partial charge >= 0.3 is 0 Å². The molecule has 0 aliphatic carbocycles. The Hall–Kier alpha value is 0.532. The molecule has 0 nitrogen and oxygen atoms in total. The smallest absolute Gasteiger partial charge is 0.106 e. The predicted octanol–water partition coefficient (Wildman–Crippen LogP) is 3.32. The van der Waals surface area contributed by atoms with Gasteiger partial charge in [0.15, 0.2) is 0 Å². The van der Waals surface area contributed by atoms with Crippen molar-refractivity contribution < 1.29 is 0 Å². The fraction of sp³-hybridized carbons (Fsp3) is 1.00. The summed E-state index contributed by atoms with van der Waals surface area (Å²) in [5.74, 6) is 4.87. The average molecular weight is 142 g/mol. The van der Waals surface area contributed by atoms with E-state index in [4.69, 9.17) is 0 Å². The van der Waals surface area contributed by atoms with Crippen LogP contribution in [0.1, 0.15) is 32.6 Å². The normalized spacial score (nSPS) is 9.67. The highest BCUT2D eigenvalue weighted by atomic mass is 27.2. The van der Waals surface area contributed by atoms with Crippen LogP contribution in [0.25, 0.3) is 0 Å². The maximum atomic E-state index is 2.44. The molecule has 0 spiro atoms. The van der Waals surface area contributed by atoms with E-state index in [0.29, 0.717) is 0 Å². The third-order valence-electron chi connectivity index (χ3n) is 1.64. The topological polar surface area (TPSA) is 0 Å². The fourth-order valence-corrected chi connectivity index (χ4v) is 2.08. The van der Waals surface area contributed by atoms with Crippen LogP contribution < -0.4 is 0 Å². The minimum absolute atomic E-state index is 0.213.